The van der Waals surface area contributed by atoms with Crippen LogP contribution in [0, 0.1) is 0 Å². The number of rotatable bonds is 5. The third kappa shape index (κ3) is 4.13. The van der Waals surface area contributed by atoms with Crippen LogP contribution in [0.15, 0.2) is 60.3 Å². The van der Waals surface area contributed by atoms with Gasteiger partial charge < -0.3 is 10.2 Å². The van der Waals surface area contributed by atoms with Gasteiger partial charge in [0.05, 0.1) is 10.7 Å². The van der Waals surface area contributed by atoms with Gasteiger partial charge in [-0.2, -0.15) is 12.6 Å². The van der Waals surface area contributed by atoms with E-state index in [1.165, 1.54) is 12.8 Å². The molecule has 1 fully saturated rings. The molecule has 1 saturated heterocycles. The van der Waals surface area contributed by atoms with Crippen LogP contribution in [0.1, 0.15) is 18.4 Å². The average molecular weight is 358 g/mol. The minimum atomic E-state index is 0.690. The first-order chi connectivity index (χ1) is 11.8. The number of benzene rings is 1. The van der Waals surface area contributed by atoms with Crippen LogP contribution in [0.25, 0.3) is 5.57 Å². The molecule has 24 heavy (non-hydrogen) atoms. The maximum absolute atomic E-state index is 6.13. The Labute approximate surface area is 153 Å². The first-order valence-corrected chi connectivity index (χ1v) is 8.91. The molecule has 1 aliphatic heterocycles. The van der Waals surface area contributed by atoms with Gasteiger partial charge in [-0.05, 0) is 54.2 Å². The average Bonchev–Trinajstić information content (AvgIpc) is 3.15. The highest BCUT2D eigenvalue weighted by molar-refractivity contribution is 7.83. The van der Waals surface area contributed by atoms with E-state index in [9.17, 15) is 0 Å². The summed E-state index contributed by atoms with van der Waals surface area (Å²) in [4.78, 5) is 6.91. The number of nitrogens with zero attached hydrogens (tertiary/aromatic N) is 2. The van der Waals surface area contributed by atoms with E-state index in [1.807, 2.05) is 42.7 Å². The molecule has 1 N–H and O–H groups in total. The Morgan fingerprint density at radius 3 is 2.62 bits per heavy atom. The van der Waals surface area contributed by atoms with E-state index in [4.69, 9.17) is 11.6 Å². The van der Waals surface area contributed by atoms with Crippen molar-refractivity contribution in [3.05, 3.63) is 70.9 Å². The minimum absolute atomic E-state index is 0.690. The zero-order chi connectivity index (χ0) is 16.8. The van der Waals surface area contributed by atoms with Gasteiger partial charge in [0, 0.05) is 31.0 Å². The quantitative estimate of drug-likeness (QED) is 0.566. The standard InChI is InChI=1S/C19H20ClN3S/c20-17-5-1-2-6-18(17)21-10-9-16(14-24)15-7-8-19(22-13-15)23-11-3-4-12-23/h1-2,5-10,13-14,21,24H,3-4,11-12H2/b10-9+,16-14+. The molecule has 0 aliphatic carbocycles. The molecule has 0 unspecified atom stereocenters. The van der Waals surface area contributed by atoms with E-state index < -0.39 is 0 Å². The topological polar surface area (TPSA) is 28.2 Å². The van der Waals surface area contributed by atoms with Gasteiger partial charge in [0.2, 0.25) is 0 Å². The number of anilines is 2. The lowest BCUT2D eigenvalue weighted by molar-refractivity contribution is 0.937. The number of hydrogen-bond acceptors (Lipinski definition) is 4. The molecule has 0 amide bonds. The van der Waals surface area contributed by atoms with E-state index in [0.717, 1.165) is 35.7 Å². The van der Waals surface area contributed by atoms with Gasteiger partial charge >= 0.3 is 0 Å². The molecule has 0 radical (unpaired) electrons. The third-order valence-electron chi connectivity index (χ3n) is 4.03. The van der Waals surface area contributed by atoms with Crippen molar-refractivity contribution < 1.29 is 0 Å². The maximum atomic E-state index is 6.13. The molecule has 0 bridgehead atoms. The predicted molar refractivity (Wildman–Crippen MR) is 107 cm³/mol. The van der Waals surface area contributed by atoms with Crippen molar-refractivity contribution in [3.63, 3.8) is 0 Å². The highest BCUT2D eigenvalue weighted by Gasteiger charge is 2.13. The SMILES string of the molecule is S/C=C(\C=C\Nc1ccccc1Cl)c1ccc(N2CCCC2)nc1. The zero-order valence-electron chi connectivity index (χ0n) is 13.3. The number of allylic oxidation sites excluding steroid dienone is 2. The smallest absolute Gasteiger partial charge is 0.128 e. The number of nitrogens with one attached hydrogen (secondary N) is 1. The summed E-state index contributed by atoms with van der Waals surface area (Å²) in [6.45, 7) is 2.20. The van der Waals surface area contributed by atoms with Crippen molar-refractivity contribution in [2.24, 2.45) is 0 Å². The Morgan fingerprint density at radius 1 is 1.17 bits per heavy atom. The van der Waals surface area contributed by atoms with Crippen LogP contribution in [0.4, 0.5) is 11.5 Å². The Balaban J connectivity index is 1.67. The summed E-state index contributed by atoms with van der Waals surface area (Å²) in [7, 11) is 0. The van der Waals surface area contributed by atoms with E-state index in [0.29, 0.717) is 5.02 Å². The second-order valence-electron chi connectivity index (χ2n) is 5.64. The second kappa shape index (κ2) is 8.27. The van der Waals surface area contributed by atoms with Crippen molar-refractivity contribution in [1.29, 1.82) is 0 Å². The minimum Gasteiger partial charge on any atom is -0.360 e. The van der Waals surface area contributed by atoms with Crippen molar-refractivity contribution in [2.45, 2.75) is 12.8 Å². The molecule has 0 atom stereocenters. The summed E-state index contributed by atoms with van der Waals surface area (Å²) in [5, 5.41) is 5.65. The molecule has 3 rings (SSSR count). The normalized spacial score (nSPS) is 15.2. The molecule has 0 saturated carbocycles. The molecule has 124 valence electrons. The number of pyridine rings is 1. The van der Waals surface area contributed by atoms with Crippen molar-refractivity contribution in [2.75, 3.05) is 23.3 Å². The van der Waals surface area contributed by atoms with Gasteiger partial charge in [-0.1, -0.05) is 23.7 Å². The van der Waals surface area contributed by atoms with E-state index in [-0.39, 0.29) is 0 Å². The van der Waals surface area contributed by atoms with Crippen LogP contribution in [-0.4, -0.2) is 18.1 Å². The fraction of sp³-hybridized carbons (Fsp3) is 0.211. The highest BCUT2D eigenvalue weighted by Crippen LogP contribution is 2.23. The number of halogens is 1. The Bertz CT molecular complexity index is 735. The van der Waals surface area contributed by atoms with Gasteiger partial charge in [-0.25, -0.2) is 4.98 Å². The van der Waals surface area contributed by atoms with E-state index >= 15 is 0 Å². The number of para-hydroxylation sites is 1. The van der Waals surface area contributed by atoms with Crippen molar-refractivity contribution >= 4 is 41.3 Å². The molecule has 5 heteroatoms. The Morgan fingerprint density at radius 2 is 1.96 bits per heavy atom. The highest BCUT2D eigenvalue weighted by atomic mass is 35.5. The first-order valence-electron chi connectivity index (χ1n) is 8.01. The molecular formula is C19H20ClN3S. The molecule has 2 aromatic rings. The number of hydrogen-bond donors (Lipinski definition) is 2. The lowest BCUT2D eigenvalue weighted by atomic mass is 10.1. The molecule has 1 aromatic carbocycles. The van der Waals surface area contributed by atoms with E-state index in [1.54, 1.807) is 5.41 Å². The summed E-state index contributed by atoms with van der Waals surface area (Å²) < 4.78 is 0. The first kappa shape index (κ1) is 16.9. The second-order valence-corrected chi connectivity index (χ2v) is 6.31. The molecule has 2 heterocycles. The molecule has 3 nitrogen and oxygen atoms in total. The predicted octanol–water partition coefficient (Wildman–Crippen LogP) is 5.23. The summed E-state index contributed by atoms with van der Waals surface area (Å²) in [5.41, 5.74) is 2.89. The van der Waals surface area contributed by atoms with Crippen molar-refractivity contribution in [1.82, 2.24) is 4.98 Å². The van der Waals surface area contributed by atoms with Crippen LogP contribution in [0.3, 0.4) is 0 Å². The third-order valence-corrected chi connectivity index (χ3v) is 4.63. The summed E-state index contributed by atoms with van der Waals surface area (Å²) in [5.74, 6) is 1.05. The van der Waals surface area contributed by atoms with Gasteiger partial charge in [0.1, 0.15) is 5.82 Å². The molecule has 0 spiro atoms. The van der Waals surface area contributed by atoms with Crippen LogP contribution in [0.2, 0.25) is 5.02 Å². The lowest BCUT2D eigenvalue weighted by Crippen LogP contribution is -2.18. The summed E-state index contributed by atoms with van der Waals surface area (Å²) >= 11 is 10.4. The zero-order valence-corrected chi connectivity index (χ0v) is 15.0. The van der Waals surface area contributed by atoms with Crippen LogP contribution in [0.5, 0.6) is 0 Å². The monoisotopic (exact) mass is 357 g/mol. The fourth-order valence-electron chi connectivity index (χ4n) is 2.70. The molecule has 1 aliphatic rings. The summed E-state index contributed by atoms with van der Waals surface area (Å²) in [6.07, 6.45) is 8.22. The number of thiol groups is 1. The van der Waals surface area contributed by atoms with Crippen LogP contribution >= 0.6 is 24.2 Å². The van der Waals surface area contributed by atoms with Gasteiger partial charge in [0.25, 0.3) is 0 Å². The van der Waals surface area contributed by atoms with E-state index in [2.05, 4.69) is 40.0 Å². The molecular weight excluding hydrogens is 338 g/mol. The number of aromatic nitrogens is 1. The van der Waals surface area contributed by atoms with Crippen LogP contribution < -0.4 is 10.2 Å². The van der Waals surface area contributed by atoms with Crippen LogP contribution in [-0.2, 0) is 0 Å². The lowest BCUT2D eigenvalue weighted by Gasteiger charge is -2.16. The maximum Gasteiger partial charge on any atom is 0.128 e. The molecule has 1 aromatic heterocycles. The van der Waals surface area contributed by atoms with Gasteiger partial charge in [-0.15, -0.1) is 0 Å². The Hall–Kier alpha value is -1.91. The Kier molecular flexibility index (Phi) is 5.83. The largest absolute Gasteiger partial charge is 0.360 e. The fourth-order valence-corrected chi connectivity index (χ4v) is 3.13. The van der Waals surface area contributed by atoms with Crippen molar-refractivity contribution in [3.8, 4) is 0 Å². The van der Waals surface area contributed by atoms with Gasteiger partial charge in [0.15, 0.2) is 0 Å². The summed E-state index contributed by atoms with van der Waals surface area (Å²) in [6, 6.07) is 11.8. The van der Waals surface area contributed by atoms with Gasteiger partial charge in [-0.3, -0.25) is 0 Å².